The number of nitrogens with zero attached hydrogens (tertiary/aromatic N) is 1. The molecule has 1 saturated heterocycles. The number of hydrogen-bond donors (Lipinski definition) is 1. The van der Waals surface area contributed by atoms with Crippen LogP contribution < -0.4 is 14.4 Å². The van der Waals surface area contributed by atoms with Crippen LogP contribution in [0.25, 0.3) is 0 Å². The molecule has 104 valence electrons. The van der Waals surface area contributed by atoms with Gasteiger partial charge in [-0.2, -0.15) is 0 Å². The van der Waals surface area contributed by atoms with Gasteiger partial charge in [0, 0.05) is 19.0 Å². The van der Waals surface area contributed by atoms with Gasteiger partial charge >= 0.3 is 6.09 Å². The van der Waals surface area contributed by atoms with Crippen LogP contribution in [0.15, 0.2) is 18.2 Å². The van der Waals surface area contributed by atoms with Crippen molar-refractivity contribution in [2.24, 2.45) is 0 Å². The van der Waals surface area contributed by atoms with E-state index in [9.17, 15) is 4.79 Å². The second-order valence-corrected chi connectivity index (χ2v) is 4.17. The molecular formula is C13H17NO5. The number of cyclic esters (lactones) is 1. The lowest BCUT2D eigenvalue weighted by molar-refractivity contribution is 0.0452. The second-order valence-electron chi connectivity index (χ2n) is 4.17. The molecule has 1 heterocycles. The van der Waals surface area contributed by atoms with Crippen LogP contribution >= 0.6 is 0 Å². The Balaban J connectivity index is 2.28. The van der Waals surface area contributed by atoms with Crippen LogP contribution in [-0.4, -0.2) is 44.7 Å². The lowest BCUT2D eigenvalue weighted by Gasteiger charge is -2.31. The van der Waals surface area contributed by atoms with Crippen LogP contribution in [0, 0.1) is 0 Å². The molecule has 1 aliphatic heterocycles. The summed E-state index contributed by atoms with van der Waals surface area (Å²) in [5.41, 5.74) is 0.600. The van der Waals surface area contributed by atoms with E-state index < -0.39 is 12.2 Å². The molecule has 1 aliphatic rings. The highest BCUT2D eigenvalue weighted by Crippen LogP contribution is 2.34. The number of ether oxygens (including phenoxy) is 3. The van der Waals surface area contributed by atoms with Gasteiger partial charge < -0.3 is 19.3 Å². The average molecular weight is 267 g/mol. The molecule has 0 aliphatic carbocycles. The quantitative estimate of drug-likeness (QED) is 0.893. The summed E-state index contributed by atoms with van der Waals surface area (Å²) in [6, 6.07) is 5.22. The Morgan fingerprint density at radius 3 is 2.79 bits per heavy atom. The first-order chi connectivity index (χ1) is 9.19. The third kappa shape index (κ3) is 2.73. The third-order valence-electron chi connectivity index (χ3n) is 3.04. The highest BCUT2D eigenvalue weighted by atomic mass is 16.6. The first kappa shape index (κ1) is 13.5. The molecule has 1 amide bonds. The number of carbonyl (C=O) groups excluding carboxylic acids is 1. The van der Waals surface area contributed by atoms with Crippen molar-refractivity contribution in [2.75, 3.05) is 32.3 Å². The number of amides is 1. The monoisotopic (exact) mass is 267 g/mol. The molecule has 0 bridgehead atoms. The van der Waals surface area contributed by atoms with E-state index in [4.69, 9.17) is 19.3 Å². The van der Waals surface area contributed by atoms with Crippen LogP contribution in [-0.2, 0) is 4.74 Å². The normalized spacial score (nSPS) is 19.0. The van der Waals surface area contributed by atoms with Crippen molar-refractivity contribution in [1.29, 1.82) is 0 Å². The van der Waals surface area contributed by atoms with Gasteiger partial charge in [0.1, 0.15) is 17.6 Å². The van der Waals surface area contributed by atoms with E-state index in [1.54, 1.807) is 25.3 Å². The largest absolute Gasteiger partial charge is 0.497 e. The van der Waals surface area contributed by atoms with E-state index in [-0.39, 0.29) is 6.61 Å². The molecule has 1 fully saturated rings. The Labute approximate surface area is 111 Å². The van der Waals surface area contributed by atoms with Gasteiger partial charge in [0.2, 0.25) is 0 Å². The van der Waals surface area contributed by atoms with Crippen LogP contribution in [0.3, 0.4) is 0 Å². The van der Waals surface area contributed by atoms with Crippen molar-refractivity contribution in [2.45, 2.75) is 12.5 Å². The van der Waals surface area contributed by atoms with Gasteiger partial charge in [-0.05, 0) is 12.1 Å². The Hall–Kier alpha value is -1.95. The summed E-state index contributed by atoms with van der Waals surface area (Å²) in [6.45, 7) is 0.308. The lowest BCUT2D eigenvalue weighted by atomic mass is 10.2. The molecule has 1 N–H and O–H groups in total. The molecule has 19 heavy (non-hydrogen) atoms. The fraction of sp³-hybridized carbons (Fsp3) is 0.462. The van der Waals surface area contributed by atoms with Crippen LogP contribution in [0.4, 0.5) is 10.5 Å². The summed E-state index contributed by atoms with van der Waals surface area (Å²) in [5, 5.41) is 9.01. The van der Waals surface area contributed by atoms with Gasteiger partial charge in [-0.3, -0.25) is 4.90 Å². The van der Waals surface area contributed by atoms with E-state index in [1.807, 2.05) is 0 Å². The summed E-state index contributed by atoms with van der Waals surface area (Å²) in [5.74, 6) is 1.20. The second kappa shape index (κ2) is 5.79. The topological polar surface area (TPSA) is 68.2 Å². The van der Waals surface area contributed by atoms with Gasteiger partial charge in [-0.15, -0.1) is 0 Å². The predicted octanol–water partition coefficient (Wildman–Crippen LogP) is 1.41. The number of aliphatic hydroxyl groups is 1. The van der Waals surface area contributed by atoms with Crippen LogP contribution in [0.1, 0.15) is 6.42 Å². The molecule has 6 heteroatoms. The number of aliphatic hydroxyl groups excluding tert-OH is 1. The van der Waals surface area contributed by atoms with Crippen molar-refractivity contribution in [3.63, 3.8) is 0 Å². The van der Waals surface area contributed by atoms with Crippen molar-refractivity contribution in [1.82, 2.24) is 0 Å². The zero-order valence-corrected chi connectivity index (χ0v) is 11.0. The van der Waals surface area contributed by atoms with Gasteiger partial charge in [-0.25, -0.2) is 4.79 Å². The fourth-order valence-corrected chi connectivity index (χ4v) is 1.98. The third-order valence-corrected chi connectivity index (χ3v) is 3.04. The Bertz CT molecular complexity index is 462. The molecule has 1 atom stereocenters. The van der Waals surface area contributed by atoms with Gasteiger partial charge in [0.25, 0.3) is 0 Å². The van der Waals surface area contributed by atoms with Gasteiger partial charge in [0.05, 0.1) is 26.5 Å². The number of benzene rings is 1. The van der Waals surface area contributed by atoms with E-state index in [2.05, 4.69) is 0 Å². The molecule has 0 radical (unpaired) electrons. The van der Waals surface area contributed by atoms with Gasteiger partial charge in [-0.1, -0.05) is 0 Å². The number of methoxy groups -OCH3 is 2. The molecule has 1 aromatic carbocycles. The molecule has 1 aromatic rings. The predicted molar refractivity (Wildman–Crippen MR) is 68.9 cm³/mol. The summed E-state index contributed by atoms with van der Waals surface area (Å²) in [6.07, 6.45) is -0.347. The van der Waals surface area contributed by atoms with E-state index in [1.165, 1.54) is 12.0 Å². The molecule has 1 unspecified atom stereocenters. The Kier molecular flexibility index (Phi) is 4.11. The number of anilines is 1. The van der Waals surface area contributed by atoms with E-state index in [0.717, 1.165) is 0 Å². The summed E-state index contributed by atoms with van der Waals surface area (Å²) in [7, 11) is 3.10. The van der Waals surface area contributed by atoms with Crippen molar-refractivity contribution in [3.05, 3.63) is 18.2 Å². The molecule has 0 spiro atoms. The molecular weight excluding hydrogens is 250 g/mol. The van der Waals surface area contributed by atoms with E-state index >= 15 is 0 Å². The maximum Gasteiger partial charge on any atom is 0.414 e. The maximum atomic E-state index is 11.9. The lowest BCUT2D eigenvalue weighted by Crippen LogP contribution is -2.43. The minimum atomic E-state index is -0.489. The maximum absolute atomic E-state index is 11.9. The molecule has 2 rings (SSSR count). The number of hydrogen-bond acceptors (Lipinski definition) is 5. The molecule has 0 aromatic heterocycles. The first-order valence-corrected chi connectivity index (χ1v) is 6.00. The number of rotatable bonds is 4. The summed E-state index contributed by atoms with van der Waals surface area (Å²) >= 11 is 0. The summed E-state index contributed by atoms with van der Waals surface area (Å²) < 4.78 is 15.5. The Morgan fingerprint density at radius 2 is 2.21 bits per heavy atom. The highest BCUT2D eigenvalue weighted by molar-refractivity contribution is 5.90. The zero-order valence-electron chi connectivity index (χ0n) is 11.0. The fourth-order valence-electron chi connectivity index (χ4n) is 1.98. The van der Waals surface area contributed by atoms with Crippen LogP contribution in [0.2, 0.25) is 0 Å². The van der Waals surface area contributed by atoms with E-state index in [0.29, 0.717) is 30.2 Å². The summed E-state index contributed by atoms with van der Waals surface area (Å²) in [4.78, 5) is 13.4. The Morgan fingerprint density at radius 1 is 1.42 bits per heavy atom. The van der Waals surface area contributed by atoms with Gasteiger partial charge in [0.15, 0.2) is 0 Å². The minimum absolute atomic E-state index is 0.158. The average Bonchev–Trinajstić information content (AvgIpc) is 2.46. The van der Waals surface area contributed by atoms with Crippen molar-refractivity contribution >= 4 is 11.8 Å². The first-order valence-electron chi connectivity index (χ1n) is 6.00. The standard InChI is InChI=1S/C13H17NO5/c1-17-9-3-4-12(18-2)11(7-9)14-6-5-10(8-15)19-13(14)16/h3-4,7,10,15H,5-6,8H2,1-2H3. The van der Waals surface area contributed by atoms with Crippen molar-refractivity contribution < 1.29 is 24.1 Å². The minimum Gasteiger partial charge on any atom is -0.497 e. The van der Waals surface area contributed by atoms with Crippen molar-refractivity contribution in [3.8, 4) is 11.5 Å². The number of carbonyl (C=O) groups is 1. The molecule has 6 nitrogen and oxygen atoms in total. The van der Waals surface area contributed by atoms with Crippen LogP contribution in [0.5, 0.6) is 11.5 Å². The SMILES string of the molecule is COc1ccc(OC)c(N2CCC(CO)OC2=O)c1. The zero-order chi connectivity index (χ0) is 13.8. The smallest absolute Gasteiger partial charge is 0.414 e. The molecule has 0 saturated carbocycles. The highest BCUT2D eigenvalue weighted by Gasteiger charge is 2.29.